The molecular formula is C16H24N2O3. The summed E-state index contributed by atoms with van der Waals surface area (Å²) >= 11 is 0. The summed E-state index contributed by atoms with van der Waals surface area (Å²) in [5.74, 6) is 1.71. The number of hydrogen-bond acceptors (Lipinski definition) is 4. The SMILES string of the molecule is COc1ccc(CNCCC(=O)N2CCCC2)cc1OC. The van der Waals surface area contributed by atoms with Crippen LogP contribution in [-0.4, -0.2) is 44.7 Å². The van der Waals surface area contributed by atoms with Crippen molar-refractivity contribution in [1.29, 1.82) is 0 Å². The topological polar surface area (TPSA) is 50.8 Å². The van der Waals surface area contributed by atoms with Gasteiger partial charge in [0, 0.05) is 32.6 Å². The van der Waals surface area contributed by atoms with Crippen molar-refractivity contribution in [2.24, 2.45) is 0 Å². The number of rotatable bonds is 7. The van der Waals surface area contributed by atoms with Gasteiger partial charge in [0.1, 0.15) is 0 Å². The zero-order chi connectivity index (χ0) is 15.1. The first-order valence-corrected chi connectivity index (χ1v) is 7.44. The van der Waals surface area contributed by atoms with Crippen LogP contribution in [0.4, 0.5) is 0 Å². The van der Waals surface area contributed by atoms with Crippen molar-refractivity contribution in [3.05, 3.63) is 23.8 Å². The first kappa shape index (κ1) is 15.6. The lowest BCUT2D eigenvalue weighted by Gasteiger charge is -2.15. The van der Waals surface area contributed by atoms with E-state index in [9.17, 15) is 4.79 Å². The predicted molar refractivity (Wildman–Crippen MR) is 81.7 cm³/mol. The molecule has 1 saturated heterocycles. The summed E-state index contributed by atoms with van der Waals surface area (Å²) in [6, 6.07) is 5.84. The average molecular weight is 292 g/mol. The van der Waals surface area contributed by atoms with Crippen LogP contribution in [-0.2, 0) is 11.3 Å². The molecule has 0 unspecified atom stereocenters. The highest BCUT2D eigenvalue weighted by molar-refractivity contribution is 5.76. The molecule has 1 N–H and O–H groups in total. The minimum atomic E-state index is 0.257. The Morgan fingerprint density at radius 1 is 1.19 bits per heavy atom. The van der Waals surface area contributed by atoms with Gasteiger partial charge >= 0.3 is 0 Å². The predicted octanol–water partition coefficient (Wildman–Crippen LogP) is 1.81. The Kier molecular flexibility index (Phi) is 5.87. The number of carbonyl (C=O) groups excluding carboxylic acids is 1. The summed E-state index contributed by atoms with van der Waals surface area (Å²) in [4.78, 5) is 13.8. The fourth-order valence-electron chi connectivity index (χ4n) is 2.54. The molecule has 1 amide bonds. The summed E-state index contributed by atoms with van der Waals surface area (Å²) in [7, 11) is 3.25. The van der Waals surface area contributed by atoms with E-state index in [1.807, 2.05) is 23.1 Å². The fraction of sp³-hybridized carbons (Fsp3) is 0.562. The number of carbonyl (C=O) groups is 1. The molecule has 2 rings (SSSR count). The molecule has 0 aliphatic carbocycles. The van der Waals surface area contributed by atoms with Crippen molar-refractivity contribution in [2.75, 3.05) is 33.9 Å². The van der Waals surface area contributed by atoms with Gasteiger partial charge in [0.05, 0.1) is 14.2 Å². The Hall–Kier alpha value is -1.75. The summed E-state index contributed by atoms with van der Waals surface area (Å²) < 4.78 is 10.5. The molecule has 1 aromatic rings. The van der Waals surface area contributed by atoms with Gasteiger partial charge in [-0.05, 0) is 30.5 Å². The highest BCUT2D eigenvalue weighted by Gasteiger charge is 2.16. The molecule has 1 fully saturated rings. The third kappa shape index (κ3) is 4.36. The van der Waals surface area contributed by atoms with Gasteiger partial charge in [0.2, 0.25) is 5.91 Å². The van der Waals surface area contributed by atoms with E-state index in [0.717, 1.165) is 43.0 Å². The molecule has 5 heteroatoms. The molecule has 0 bridgehead atoms. The molecule has 0 spiro atoms. The van der Waals surface area contributed by atoms with Crippen molar-refractivity contribution < 1.29 is 14.3 Å². The van der Waals surface area contributed by atoms with E-state index in [1.165, 1.54) is 0 Å². The van der Waals surface area contributed by atoms with Crippen LogP contribution >= 0.6 is 0 Å². The van der Waals surface area contributed by atoms with Gasteiger partial charge in [0.15, 0.2) is 11.5 Å². The van der Waals surface area contributed by atoms with Crippen LogP contribution in [0.3, 0.4) is 0 Å². The van der Waals surface area contributed by atoms with E-state index in [2.05, 4.69) is 5.32 Å². The van der Waals surface area contributed by atoms with Crippen LogP contribution in [0.25, 0.3) is 0 Å². The second-order valence-corrected chi connectivity index (χ2v) is 5.20. The Morgan fingerprint density at radius 3 is 2.57 bits per heavy atom. The first-order valence-electron chi connectivity index (χ1n) is 7.44. The van der Waals surface area contributed by atoms with Gasteiger partial charge in [-0.15, -0.1) is 0 Å². The molecular weight excluding hydrogens is 268 g/mol. The molecule has 5 nitrogen and oxygen atoms in total. The molecule has 1 heterocycles. The van der Waals surface area contributed by atoms with E-state index < -0.39 is 0 Å². The quantitative estimate of drug-likeness (QED) is 0.779. The molecule has 116 valence electrons. The number of methoxy groups -OCH3 is 2. The van der Waals surface area contributed by atoms with E-state index in [4.69, 9.17) is 9.47 Å². The zero-order valence-electron chi connectivity index (χ0n) is 12.9. The number of nitrogens with zero attached hydrogens (tertiary/aromatic N) is 1. The Balaban J connectivity index is 1.74. The molecule has 1 aromatic carbocycles. The second-order valence-electron chi connectivity index (χ2n) is 5.20. The van der Waals surface area contributed by atoms with Crippen molar-refractivity contribution >= 4 is 5.91 Å². The molecule has 0 atom stereocenters. The van der Waals surface area contributed by atoms with Crippen molar-refractivity contribution in [3.8, 4) is 11.5 Å². The standard InChI is InChI=1S/C16H24N2O3/c1-20-14-6-5-13(11-15(14)21-2)12-17-8-7-16(19)18-9-3-4-10-18/h5-6,11,17H,3-4,7-10,12H2,1-2H3. The lowest BCUT2D eigenvalue weighted by molar-refractivity contribution is -0.130. The number of benzene rings is 1. The summed E-state index contributed by atoms with van der Waals surface area (Å²) in [5, 5.41) is 3.30. The van der Waals surface area contributed by atoms with Crippen LogP contribution in [0.2, 0.25) is 0 Å². The van der Waals surface area contributed by atoms with Gasteiger partial charge in [0.25, 0.3) is 0 Å². The van der Waals surface area contributed by atoms with Crippen molar-refractivity contribution in [3.63, 3.8) is 0 Å². The first-order chi connectivity index (χ1) is 10.2. The maximum Gasteiger partial charge on any atom is 0.223 e. The fourth-order valence-corrected chi connectivity index (χ4v) is 2.54. The Bertz CT molecular complexity index is 471. The Labute approximate surface area is 126 Å². The maximum atomic E-state index is 11.9. The maximum absolute atomic E-state index is 11.9. The van der Waals surface area contributed by atoms with E-state index >= 15 is 0 Å². The second kappa shape index (κ2) is 7.88. The van der Waals surface area contributed by atoms with Crippen molar-refractivity contribution in [1.82, 2.24) is 10.2 Å². The molecule has 1 aliphatic heterocycles. The normalized spacial score (nSPS) is 14.3. The van der Waals surface area contributed by atoms with E-state index in [-0.39, 0.29) is 5.91 Å². The van der Waals surface area contributed by atoms with Gasteiger partial charge in [-0.25, -0.2) is 0 Å². The van der Waals surface area contributed by atoms with Crippen LogP contribution in [0.5, 0.6) is 11.5 Å². The van der Waals surface area contributed by atoms with E-state index in [1.54, 1.807) is 14.2 Å². The van der Waals surface area contributed by atoms with Crippen LogP contribution in [0, 0.1) is 0 Å². The number of likely N-dealkylation sites (tertiary alicyclic amines) is 1. The van der Waals surface area contributed by atoms with Crippen LogP contribution in [0.1, 0.15) is 24.8 Å². The Morgan fingerprint density at radius 2 is 1.90 bits per heavy atom. The summed E-state index contributed by atoms with van der Waals surface area (Å²) in [5.41, 5.74) is 1.11. The van der Waals surface area contributed by atoms with Gasteiger partial charge < -0.3 is 19.7 Å². The minimum absolute atomic E-state index is 0.257. The molecule has 1 aliphatic rings. The third-order valence-electron chi connectivity index (χ3n) is 3.75. The lowest BCUT2D eigenvalue weighted by Crippen LogP contribution is -2.30. The minimum Gasteiger partial charge on any atom is -0.493 e. The molecule has 21 heavy (non-hydrogen) atoms. The largest absolute Gasteiger partial charge is 0.493 e. The lowest BCUT2D eigenvalue weighted by atomic mass is 10.2. The number of nitrogens with one attached hydrogen (secondary N) is 1. The van der Waals surface area contributed by atoms with Gasteiger partial charge in [-0.2, -0.15) is 0 Å². The molecule has 0 aromatic heterocycles. The molecule has 0 radical (unpaired) electrons. The summed E-state index contributed by atoms with van der Waals surface area (Å²) in [6.45, 7) is 3.26. The number of amides is 1. The van der Waals surface area contributed by atoms with Gasteiger partial charge in [-0.1, -0.05) is 6.07 Å². The van der Waals surface area contributed by atoms with Gasteiger partial charge in [-0.3, -0.25) is 4.79 Å². The average Bonchev–Trinajstić information content (AvgIpc) is 3.05. The van der Waals surface area contributed by atoms with Crippen LogP contribution < -0.4 is 14.8 Å². The number of ether oxygens (including phenoxy) is 2. The van der Waals surface area contributed by atoms with Crippen LogP contribution in [0.15, 0.2) is 18.2 Å². The highest BCUT2D eigenvalue weighted by atomic mass is 16.5. The van der Waals surface area contributed by atoms with E-state index in [0.29, 0.717) is 19.5 Å². The van der Waals surface area contributed by atoms with Crippen molar-refractivity contribution in [2.45, 2.75) is 25.8 Å². The highest BCUT2D eigenvalue weighted by Crippen LogP contribution is 2.27. The zero-order valence-corrected chi connectivity index (χ0v) is 12.9. The monoisotopic (exact) mass is 292 g/mol. The summed E-state index contributed by atoms with van der Waals surface area (Å²) in [6.07, 6.45) is 2.85. The smallest absolute Gasteiger partial charge is 0.223 e. The number of hydrogen-bond donors (Lipinski definition) is 1. The third-order valence-corrected chi connectivity index (χ3v) is 3.75. The molecule has 0 saturated carbocycles.